The summed E-state index contributed by atoms with van der Waals surface area (Å²) in [6.45, 7) is 4.54. The molecule has 1 amide bonds. The van der Waals surface area contributed by atoms with Crippen LogP contribution in [-0.4, -0.2) is 48.4 Å². The Hall–Kier alpha value is -2.27. The van der Waals surface area contributed by atoms with Crippen molar-refractivity contribution < 1.29 is 4.79 Å². The maximum Gasteiger partial charge on any atom is 0.225 e. The third kappa shape index (κ3) is 4.35. The fraction of sp³-hybridized carbons (Fsp3) is 0.542. The molecule has 0 radical (unpaired) electrons. The third-order valence-corrected chi connectivity index (χ3v) is 7.25. The Labute approximate surface area is 174 Å². The van der Waals surface area contributed by atoms with Gasteiger partial charge in [0.15, 0.2) is 0 Å². The van der Waals surface area contributed by atoms with E-state index >= 15 is 0 Å². The van der Waals surface area contributed by atoms with Crippen LogP contribution in [0.3, 0.4) is 0 Å². The first kappa shape index (κ1) is 20.0. The molecule has 0 atom stereocenters. The molecule has 1 aromatic rings. The largest absolute Gasteiger partial charge is 0.405 e. The smallest absolute Gasteiger partial charge is 0.225 e. The maximum absolute atomic E-state index is 13.1. The predicted molar refractivity (Wildman–Crippen MR) is 117 cm³/mol. The number of rotatable bonds is 4. The molecule has 1 aliphatic carbocycles. The van der Waals surface area contributed by atoms with Crippen LogP contribution in [0.4, 0.5) is 0 Å². The van der Waals surface area contributed by atoms with Crippen LogP contribution < -0.4 is 11.5 Å². The van der Waals surface area contributed by atoms with E-state index < -0.39 is 0 Å². The molecule has 2 aliphatic heterocycles. The molecule has 2 heterocycles. The Balaban J connectivity index is 1.26. The van der Waals surface area contributed by atoms with Gasteiger partial charge in [-0.3, -0.25) is 9.69 Å². The molecule has 29 heavy (non-hydrogen) atoms. The number of carbonyl (C=O) groups is 1. The van der Waals surface area contributed by atoms with E-state index in [-0.39, 0.29) is 5.92 Å². The highest BCUT2D eigenvalue weighted by atomic mass is 16.2. The lowest BCUT2D eigenvalue weighted by atomic mass is 9.75. The molecular weight excluding hydrogens is 360 g/mol. The molecule has 0 unspecified atom stereocenters. The van der Waals surface area contributed by atoms with E-state index in [0.717, 1.165) is 64.0 Å². The van der Waals surface area contributed by atoms with Crippen LogP contribution in [0.1, 0.15) is 36.8 Å². The zero-order valence-corrected chi connectivity index (χ0v) is 17.4. The van der Waals surface area contributed by atoms with Gasteiger partial charge in [-0.2, -0.15) is 0 Å². The van der Waals surface area contributed by atoms with E-state index in [2.05, 4.69) is 34.1 Å². The molecule has 5 heteroatoms. The molecule has 156 valence electrons. The van der Waals surface area contributed by atoms with Gasteiger partial charge >= 0.3 is 0 Å². The van der Waals surface area contributed by atoms with Gasteiger partial charge in [-0.25, -0.2) is 0 Å². The number of nitrogens with two attached hydrogens (primary N) is 2. The number of amides is 1. The number of benzene rings is 1. The maximum atomic E-state index is 13.1. The fourth-order valence-corrected chi connectivity index (χ4v) is 5.47. The average Bonchev–Trinajstić information content (AvgIpc) is 3.11. The Morgan fingerprint density at radius 1 is 1.03 bits per heavy atom. The molecule has 1 spiro atoms. The molecule has 0 bridgehead atoms. The number of fused-ring (bicyclic) bond motifs is 1. The van der Waals surface area contributed by atoms with Gasteiger partial charge in [0.25, 0.3) is 0 Å². The highest BCUT2D eigenvalue weighted by Gasteiger charge is 2.41. The number of piperidine rings is 2. The molecule has 1 aromatic carbocycles. The van der Waals surface area contributed by atoms with Crippen molar-refractivity contribution in [2.45, 2.75) is 38.5 Å². The van der Waals surface area contributed by atoms with Gasteiger partial charge in [-0.15, -0.1) is 0 Å². The highest BCUT2D eigenvalue weighted by Crippen LogP contribution is 2.44. The highest BCUT2D eigenvalue weighted by molar-refractivity contribution is 5.79. The second-order valence-corrected chi connectivity index (χ2v) is 9.10. The number of likely N-dealkylation sites (tertiary alicyclic amines) is 2. The topological polar surface area (TPSA) is 75.6 Å². The van der Waals surface area contributed by atoms with Gasteiger partial charge in [0.2, 0.25) is 5.91 Å². The van der Waals surface area contributed by atoms with Crippen molar-refractivity contribution in [3.63, 3.8) is 0 Å². The second kappa shape index (κ2) is 8.62. The summed E-state index contributed by atoms with van der Waals surface area (Å²) in [5.74, 6) is 0.558. The van der Waals surface area contributed by atoms with Crippen LogP contribution in [0.2, 0.25) is 0 Å². The van der Waals surface area contributed by atoms with Crippen LogP contribution in [0.5, 0.6) is 0 Å². The van der Waals surface area contributed by atoms with Gasteiger partial charge in [0, 0.05) is 25.6 Å². The Morgan fingerprint density at radius 2 is 1.66 bits per heavy atom. The lowest BCUT2D eigenvalue weighted by molar-refractivity contribution is -0.139. The van der Waals surface area contributed by atoms with Crippen LogP contribution in [0.15, 0.2) is 48.3 Å². The third-order valence-electron chi connectivity index (χ3n) is 7.25. The standard InChI is InChI=1S/C24H34N4O/c25-10-5-19(17-26)18-27-11-6-20(7-12-27)23(29)28-13-8-24(9-14-28)15-21-3-1-2-4-22(21)16-24/h1-5,10,17,20H,6-9,11-16,18,25-26H2/b10-5-,19-17?. The van der Waals surface area contributed by atoms with Gasteiger partial charge < -0.3 is 16.4 Å². The lowest BCUT2D eigenvalue weighted by Crippen LogP contribution is -2.48. The minimum absolute atomic E-state index is 0.177. The number of hydrogen-bond acceptors (Lipinski definition) is 4. The summed E-state index contributed by atoms with van der Waals surface area (Å²) in [6, 6.07) is 8.87. The fourth-order valence-electron chi connectivity index (χ4n) is 5.47. The van der Waals surface area contributed by atoms with Gasteiger partial charge in [-0.05, 0) is 92.2 Å². The van der Waals surface area contributed by atoms with Crippen molar-refractivity contribution in [3.05, 3.63) is 59.4 Å². The molecule has 5 nitrogen and oxygen atoms in total. The normalized spacial score (nSPS) is 23.0. The van der Waals surface area contributed by atoms with E-state index in [1.165, 1.54) is 30.2 Å². The van der Waals surface area contributed by atoms with E-state index in [1.54, 1.807) is 6.20 Å². The summed E-state index contributed by atoms with van der Waals surface area (Å²) < 4.78 is 0. The molecule has 2 saturated heterocycles. The van der Waals surface area contributed by atoms with Crippen LogP contribution in [0.25, 0.3) is 0 Å². The molecule has 3 aliphatic rings. The summed E-state index contributed by atoms with van der Waals surface area (Å²) in [5.41, 5.74) is 15.6. The lowest BCUT2D eigenvalue weighted by Gasteiger charge is -2.41. The first-order valence-corrected chi connectivity index (χ1v) is 11.0. The van der Waals surface area contributed by atoms with Crippen LogP contribution in [0, 0.1) is 11.3 Å². The van der Waals surface area contributed by atoms with Crippen molar-refractivity contribution in [2.75, 3.05) is 32.7 Å². The van der Waals surface area contributed by atoms with Gasteiger partial charge in [0.05, 0.1) is 0 Å². The summed E-state index contributed by atoms with van der Waals surface area (Å²) in [4.78, 5) is 17.6. The predicted octanol–water partition coefficient (Wildman–Crippen LogP) is 2.42. The zero-order chi connectivity index (χ0) is 20.3. The van der Waals surface area contributed by atoms with Crippen molar-refractivity contribution in [2.24, 2.45) is 22.8 Å². The molecular formula is C24H34N4O. The van der Waals surface area contributed by atoms with E-state index in [4.69, 9.17) is 11.5 Å². The van der Waals surface area contributed by atoms with Gasteiger partial charge in [-0.1, -0.05) is 24.3 Å². The van der Waals surface area contributed by atoms with E-state index in [0.29, 0.717) is 11.3 Å². The first-order valence-electron chi connectivity index (χ1n) is 11.0. The zero-order valence-electron chi connectivity index (χ0n) is 17.4. The quantitative estimate of drug-likeness (QED) is 0.769. The monoisotopic (exact) mass is 394 g/mol. The number of hydrogen-bond donors (Lipinski definition) is 2. The van der Waals surface area contributed by atoms with Gasteiger partial charge in [0.1, 0.15) is 0 Å². The Kier molecular flexibility index (Phi) is 5.95. The summed E-state index contributed by atoms with van der Waals surface area (Å²) in [7, 11) is 0. The average molecular weight is 395 g/mol. The first-order chi connectivity index (χ1) is 14.1. The van der Waals surface area contributed by atoms with Crippen molar-refractivity contribution in [1.29, 1.82) is 0 Å². The summed E-state index contributed by atoms with van der Waals surface area (Å²) in [6.07, 6.45) is 11.5. The van der Waals surface area contributed by atoms with Crippen LogP contribution >= 0.6 is 0 Å². The number of nitrogens with zero attached hydrogens (tertiary/aromatic N) is 2. The SMILES string of the molecule is NC=C(/C=C\N)CN1CCC(C(=O)N2CCC3(CC2)Cc2ccccc2C3)CC1. The van der Waals surface area contributed by atoms with Crippen LogP contribution in [-0.2, 0) is 17.6 Å². The molecule has 0 aromatic heterocycles. The summed E-state index contributed by atoms with van der Waals surface area (Å²) in [5, 5.41) is 0. The molecule has 2 fully saturated rings. The minimum atomic E-state index is 0.177. The molecule has 4 N–H and O–H groups in total. The second-order valence-electron chi connectivity index (χ2n) is 9.10. The van der Waals surface area contributed by atoms with E-state index in [1.807, 2.05) is 6.08 Å². The molecule has 0 saturated carbocycles. The Bertz CT molecular complexity index is 757. The van der Waals surface area contributed by atoms with Crippen molar-refractivity contribution >= 4 is 5.91 Å². The summed E-state index contributed by atoms with van der Waals surface area (Å²) >= 11 is 0. The molecule has 4 rings (SSSR count). The van der Waals surface area contributed by atoms with Crippen molar-refractivity contribution in [1.82, 2.24) is 9.80 Å². The van der Waals surface area contributed by atoms with Crippen molar-refractivity contribution in [3.8, 4) is 0 Å². The minimum Gasteiger partial charge on any atom is -0.405 e. The number of carbonyl (C=O) groups excluding carboxylic acids is 1. The Morgan fingerprint density at radius 3 is 2.21 bits per heavy atom. The van der Waals surface area contributed by atoms with E-state index in [9.17, 15) is 4.79 Å².